The molecule has 0 saturated carbocycles. The van der Waals surface area contributed by atoms with Crippen LogP contribution in [0.2, 0.25) is 20.1 Å². The SMILES string of the molecule is CNC(c1cc(Cl)cc(Cl)c1)c1ccc(Cl)cc1Cl. The summed E-state index contributed by atoms with van der Waals surface area (Å²) in [6.45, 7) is 0. The molecule has 1 atom stereocenters. The smallest absolute Gasteiger partial charge is 0.0590 e. The van der Waals surface area contributed by atoms with Crippen LogP contribution in [0.3, 0.4) is 0 Å². The van der Waals surface area contributed by atoms with Crippen molar-refractivity contribution in [1.29, 1.82) is 0 Å². The lowest BCUT2D eigenvalue weighted by molar-refractivity contribution is 0.692. The van der Waals surface area contributed by atoms with E-state index in [1.54, 1.807) is 18.2 Å². The molecule has 0 fully saturated rings. The first-order valence-electron chi connectivity index (χ1n) is 5.59. The molecule has 0 aromatic heterocycles. The van der Waals surface area contributed by atoms with Crippen molar-refractivity contribution >= 4 is 46.4 Å². The van der Waals surface area contributed by atoms with Crippen LogP contribution in [0.25, 0.3) is 0 Å². The lowest BCUT2D eigenvalue weighted by atomic mass is 9.99. The quantitative estimate of drug-likeness (QED) is 0.769. The molecule has 1 nitrogen and oxygen atoms in total. The van der Waals surface area contributed by atoms with Crippen molar-refractivity contribution in [2.75, 3.05) is 7.05 Å². The highest BCUT2D eigenvalue weighted by Gasteiger charge is 2.16. The van der Waals surface area contributed by atoms with Gasteiger partial charge in [0.2, 0.25) is 0 Å². The molecule has 2 rings (SSSR count). The Morgan fingerprint density at radius 2 is 1.47 bits per heavy atom. The first kappa shape index (κ1) is 15.0. The van der Waals surface area contributed by atoms with Crippen molar-refractivity contribution in [3.05, 3.63) is 67.6 Å². The highest BCUT2D eigenvalue weighted by Crippen LogP contribution is 2.32. The van der Waals surface area contributed by atoms with Gasteiger partial charge in [-0.05, 0) is 48.5 Å². The van der Waals surface area contributed by atoms with E-state index >= 15 is 0 Å². The summed E-state index contributed by atoms with van der Waals surface area (Å²) in [5.41, 5.74) is 1.87. The number of hydrogen-bond acceptors (Lipinski definition) is 1. The molecule has 0 bridgehead atoms. The van der Waals surface area contributed by atoms with E-state index in [9.17, 15) is 0 Å². The zero-order valence-electron chi connectivity index (χ0n) is 10.1. The van der Waals surface area contributed by atoms with E-state index in [-0.39, 0.29) is 6.04 Å². The molecule has 0 aliphatic carbocycles. The lowest BCUT2D eigenvalue weighted by Gasteiger charge is -2.19. The third kappa shape index (κ3) is 3.56. The van der Waals surface area contributed by atoms with E-state index in [1.807, 2.05) is 25.2 Å². The number of benzene rings is 2. The van der Waals surface area contributed by atoms with Crippen LogP contribution in [0, 0.1) is 0 Å². The fourth-order valence-electron chi connectivity index (χ4n) is 1.98. The minimum atomic E-state index is -0.0963. The average molecular weight is 335 g/mol. The number of hydrogen-bond donors (Lipinski definition) is 1. The van der Waals surface area contributed by atoms with E-state index < -0.39 is 0 Å². The van der Waals surface area contributed by atoms with Gasteiger partial charge < -0.3 is 5.32 Å². The van der Waals surface area contributed by atoms with E-state index in [4.69, 9.17) is 46.4 Å². The second kappa shape index (κ2) is 6.34. The fraction of sp³-hybridized carbons (Fsp3) is 0.143. The van der Waals surface area contributed by atoms with Crippen LogP contribution in [0.15, 0.2) is 36.4 Å². The zero-order chi connectivity index (χ0) is 14.0. The van der Waals surface area contributed by atoms with Gasteiger partial charge in [-0.2, -0.15) is 0 Å². The number of halogens is 4. The molecule has 1 N–H and O–H groups in total. The molecule has 0 saturated heterocycles. The van der Waals surface area contributed by atoms with Crippen LogP contribution < -0.4 is 5.32 Å². The van der Waals surface area contributed by atoms with Crippen molar-refractivity contribution in [3.63, 3.8) is 0 Å². The van der Waals surface area contributed by atoms with E-state index in [0.717, 1.165) is 11.1 Å². The first-order valence-corrected chi connectivity index (χ1v) is 7.10. The number of rotatable bonds is 3. The summed E-state index contributed by atoms with van der Waals surface area (Å²) in [7, 11) is 1.85. The third-order valence-electron chi connectivity index (χ3n) is 2.78. The van der Waals surface area contributed by atoms with Crippen molar-refractivity contribution in [1.82, 2.24) is 5.32 Å². The normalized spacial score (nSPS) is 12.5. The van der Waals surface area contributed by atoms with Crippen LogP contribution in [0.1, 0.15) is 17.2 Å². The topological polar surface area (TPSA) is 12.0 Å². The third-order valence-corrected chi connectivity index (χ3v) is 3.78. The zero-order valence-corrected chi connectivity index (χ0v) is 13.1. The first-order chi connectivity index (χ1) is 9.01. The maximum atomic E-state index is 6.24. The van der Waals surface area contributed by atoms with Crippen LogP contribution in [-0.2, 0) is 0 Å². The van der Waals surface area contributed by atoms with Gasteiger partial charge in [0.05, 0.1) is 6.04 Å². The highest BCUT2D eigenvalue weighted by atomic mass is 35.5. The molecule has 0 spiro atoms. The summed E-state index contributed by atoms with van der Waals surface area (Å²) >= 11 is 24.2. The van der Waals surface area contributed by atoms with Crippen molar-refractivity contribution < 1.29 is 0 Å². The maximum absolute atomic E-state index is 6.24. The van der Waals surface area contributed by atoms with Crippen molar-refractivity contribution in [2.45, 2.75) is 6.04 Å². The minimum absolute atomic E-state index is 0.0963. The molecule has 0 aliphatic heterocycles. The minimum Gasteiger partial charge on any atom is -0.309 e. The molecule has 0 amide bonds. The van der Waals surface area contributed by atoms with Gasteiger partial charge >= 0.3 is 0 Å². The Morgan fingerprint density at radius 1 is 0.842 bits per heavy atom. The largest absolute Gasteiger partial charge is 0.309 e. The molecular formula is C14H11Cl4N. The summed E-state index contributed by atoms with van der Waals surface area (Å²) in [5, 5.41) is 5.59. The molecule has 0 radical (unpaired) electrons. The van der Waals surface area contributed by atoms with Gasteiger partial charge in [0.25, 0.3) is 0 Å². The molecule has 2 aromatic carbocycles. The van der Waals surface area contributed by atoms with E-state index in [2.05, 4.69) is 5.32 Å². The van der Waals surface area contributed by atoms with E-state index in [0.29, 0.717) is 20.1 Å². The second-order valence-electron chi connectivity index (χ2n) is 4.09. The lowest BCUT2D eigenvalue weighted by Crippen LogP contribution is -2.18. The molecule has 5 heteroatoms. The van der Waals surface area contributed by atoms with Gasteiger partial charge in [0, 0.05) is 20.1 Å². The molecule has 2 aromatic rings. The van der Waals surface area contributed by atoms with Crippen LogP contribution >= 0.6 is 46.4 Å². The van der Waals surface area contributed by atoms with Gasteiger partial charge in [-0.15, -0.1) is 0 Å². The Balaban J connectivity index is 2.49. The van der Waals surface area contributed by atoms with Crippen molar-refractivity contribution in [3.8, 4) is 0 Å². The summed E-state index contributed by atoms with van der Waals surface area (Å²) in [6.07, 6.45) is 0. The van der Waals surface area contributed by atoms with Gasteiger partial charge in [-0.1, -0.05) is 52.5 Å². The molecule has 0 aliphatic rings. The van der Waals surface area contributed by atoms with Gasteiger partial charge in [0.1, 0.15) is 0 Å². The molecule has 0 heterocycles. The Hall–Kier alpha value is -0.440. The molecule has 1 unspecified atom stereocenters. The van der Waals surface area contributed by atoms with Crippen LogP contribution in [0.5, 0.6) is 0 Å². The van der Waals surface area contributed by atoms with Crippen LogP contribution in [-0.4, -0.2) is 7.05 Å². The Labute approximate surface area is 132 Å². The Kier molecular flexibility index (Phi) is 4.99. The molecule has 19 heavy (non-hydrogen) atoms. The van der Waals surface area contributed by atoms with Gasteiger partial charge in [-0.25, -0.2) is 0 Å². The Morgan fingerprint density at radius 3 is 2.00 bits per heavy atom. The maximum Gasteiger partial charge on any atom is 0.0590 e. The predicted molar refractivity (Wildman–Crippen MR) is 83.8 cm³/mol. The summed E-state index contributed by atoms with van der Waals surface area (Å²) in [6, 6.07) is 10.7. The van der Waals surface area contributed by atoms with Gasteiger partial charge in [0.15, 0.2) is 0 Å². The van der Waals surface area contributed by atoms with Crippen LogP contribution in [0.4, 0.5) is 0 Å². The predicted octanol–water partition coefficient (Wildman–Crippen LogP) is 5.61. The molecular weight excluding hydrogens is 324 g/mol. The Bertz CT molecular complexity index is 578. The van der Waals surface area contributed by atoms with Crippen molar-refractivity contribution in [2.24, 2.45) is 0 Å². The number of nitrogens with one attached hydrogen (secondary N) is 1. The summed E-state index contributed by atoms with van der Waals surface area (Å²) < 4.78 is 0. The average Bonchev–Trinajstić information content (AvgIpc) is 2.31. The highest BCUT2D eigenvalue weighted by molar-refractivity contribution is 6.35. The van der Waals surface area contributed by atoms with E-state index in [1.165, 1.54) is 0 Å². The summed E-state index contributed by atoms with van der Waals surface area (Å²) in [5.74, 6) is 0. The summed E-state index contributed by atoms with van der Waals surface area (Å²) in [4.78, 5) is 0. The standard InChI is InChI=1S/C14H11Cl4N/c1-19-14(8-4-10(16)6-11(17)5-8)12-3-2-9(15)7-13(12)18/h2-7,14,19H,1H3. The monoisotopic (exact) mass is 333 g/mol. The van der Waals surface area contributed by atoms with Gasteiger partial charge in [-0.3, -0.25) is 0 Å². The fourth-order valence-corrected chi connectivity index (χ4v) is 3.04. The molecule has 100 valence electrons. The second-order valence-corrected chi connectivity index (χ2v) is 5.81.